The van der Waals surface area contributed by atoms with Gasteiger partial charge in [0.05, 0.1) is 12.0 Å². The number of nitrogens with one attached hydrogen (secondary N) is 1. The van der Waals surface area contributed by atoms with Crippen LogP contribution >= 0.6 is 12.4 Å². The quantitative estimate of drug-likeness (QED) is 0.836. The smallest absolute Gasteiger partial charge is 0.326 e. The topological polar surface area (TPSA) is 55.1 Å². The van der Waals surface area contributed by atoms with Crippen LogP contribution in [-0.2, 0) is 23.9 Å². The molecule has 136 valence electrons. The van der Waals surface area contributed by atoms with E-state index < -0.39 is 11.7 Å². The van der Waals surface area contributed by atoms with Crippen LogP contribution in [0.2, 0.25) is 0 Å². The van der Waals surface area contributed by atoms with E-state index in [1.54, 1.807) is 0 Å². The van der Waals surface area contributed by atoms with E-state index in [-0.39, 0.29) is 37.0 Å². The van der Waals surface area contributed by atoms with Crippen LogP contribution in [0.1, 0.15) is 27.8 Å². The average molecular weight is 373 g/mol. The summed E-state index contributed by atoms with van der Waals surface area (Å²) < 4.78 is 38.7. The molecule has 25 heavy (non-hydrogen) atoms. The molecule has 0 fully saturated rings. The summed E-state index contributed by atoms with van der Waals surface area (Å²) >= 11 is 0. The van der Waals surface area contributed by atoms with Gasteiger partial charge < -0.3 is 11.1 Å². The Morgan fingerprint density at radius 1 is 1.12 bits per heavy atom. The highest BCUT2D eigenvalue weighted by Gasteiger charge is 2.31. The highest BCUT2D eigenvalue weighted by molar-refractivity contribution is 5.92. The first-order chi connectivity index (χ1) is 11.2. The summed E-state index contributed by atoms with van der Waals surface area (Å²) in [4.78, 5) is 12.2. The van der Waals surface area contributed by atoms with E-state index in [1.165, 1.54) is 6.07 Å². The molecule has 0 aromatic heterocycles. The third-order valence-electron chi connectivity index (χ3n) is 3.70. The molecule has 1 amide bonds. The van der Waals surface area contributed by atoms with Crippen molar-refractivity contribution in [1.82, 2.24) is 0 Å². The zero-order chi connectivity index (χ0) is 17.9. The molecule has 2 aromatic rings. The Balaban J connectivity index is 0.00000312. The van der Waals surface area contributed by atoms with Crippen molar-refractivity contribution < 1.29 is 18.0 Å². The van der Waals surface area contributed by atoms with Gasteiger partial charge in [0, 0.05) is 12.2 Å². The summed E-state index contributed by atoms with van der Waals surface area (Å²) in [5, 5.41) is 2.53. The lowest BCUT2D eigenvalue weighted by Crippen LogP contribution is -2.16. The number of benzene rings is 2. The first kappa shape index (κ1) is 21.0. The maximum Gasteiger partial charge on any atom is 0.416 e. The zero-order valence-corrected chi connectivity index (χ0v) is 14.7. The minimum absolute atomic E-state index is 0. The number of hydrogen-bond acceptors (Lipinski definition) is 2. The lowest BCUT2D eigenvalue weighted by Gasteiger charge is -2.13. The second-order valence-electron chi connectivity index (χ2n) is 5.78. The molecule has 3 N–H and O–H groups in total. The first-order valence-electron chi connectivity index (χ1n) is 7.46. The van der Waals surface area contributed by atoms with Crippen LogP contribution in [0.25, 0.3) is 0 Å². The van der Waals surface area contributed by atoms with Gasteiger partial charge in [-0.05, 0) is 48.7 Å². The molecule has 0 aliphatic heterocycles. The summed E-state index contributed by atoms with van der Waals surface area (Å²) in [5.41, 5.74) is 7.85. The average Bonchev–Trinajstić information content (AvgIpc) is 2.49. The molecule has 0 saturated heterocycles. The number of hydrogen-bond donors (Lipinski definition) is 2. The monoisotopic (exact) mass is 372 g/mol. The Bertz CT molecular complexity index is 760. The van der Waals surface area contributed by atoms with Crippen LogP contribution in [-0.4, -0.2) is 5.91 Å². The molecule has 0 saturated carbocycles. The zero-order valence-electron chi connectivity index (χ0n) is 13.9. The fourth-order valence-corrected chi connectivity index (χ4v) is 2.41. The SMILES string of the molecule is Cc1ccc(C)c(CC(=O)Nc2cc(CN)cc(C(F)(F)F)c2)c1.Cl. The molecule has 0 radical (unpaired) electrons. The van der Waals surface area contributed by atoms with Crippen molar-refractivity contribution in [1.29, 1.82) is 0 Å². The van der Waals surface area contributed by atoms with Crippen LogP contribution in [0.15, 0.2) is 36.4 Å². The van der Waals surface area contributed by atoms with E-state index in [0.717, 1.165) is 28.8 Å². The molecular weight excluding hydrogens is 353 g/mol. The van der Waals surface area contributed by atoms with Crippen molar-refractivity contribution in [3.8, 4) is 0 Å². The molecule has 0 aliphatic rings. The normalized spacial score (nSPS) is 11.0. The van der Waals surface area contributed by atoms with Gasteiger partial charge in [-0.1, -0.05) is 23.8 Å². The number of alkyl halides is 3. The van der Waals surface area contributed by atoms with E-state index in [2.05, 4.69) is 5.32 Å². The van der Waals surface area contributed by atoms with Gasteiger partial charge in [0.2, 0.25) is 5.91 Å². The van der Waals surface area contributed by atoms with Crippen molar-refractivity contribution >= 4 is 24.0 Å². The standard InChI is InChI=1S/C18H19F3N2O.ClH/c1-11-3-4-12(2)14(5-11)8-17(24)23-16-7-13(10-22)6-15(9-16)18(19,20)21;/h3-7,9H,8,10,22H2,1-2H3,(H,23,24);1H. The maximum absolute atomic E-state index is 12.9. The van der Waals surface area contributed by atoms with Crippen molar-refractivity contribution in [2.45, 2.75) is 33.0 Å². The van der Waals surface area contributed by atoms with Crippen molar-refractivity contribution in [3.05, 3.63) is 64.2 Å². The lowest BCUT2D eigenvalue weighted by molar-refractivity contribution is -0.137. The van der Waals surface area contributed by atoms with Gasteiger partial charge in [-0.2, -0.15) is 13.2 Å². The number of halogens is 4. The third kappa shape index (κ3) is 5.76. The van der Waals surface area contributed by atoms with Crippen LogP contribution in [0, 0.1) is 13.8 Å². The number of anilines is 1. The van der Waals surface area contributed by atoms with Gasteiger partial charge in [0.15, 0.2) is 0 Å². The van der Waals surface area contributed by atoms with Gasteiger partial charge in [-0.3, -0.25) is 4.79 Å². The lowest BCUT2D eigenvalue weighted by atomic mass is 10.0. The first-order valence-corrected chi connectivity index (χ1v) is 7.46. The van der Waals surface area contributed by atoms with Crippen molar-refractivity contribution in [2.75, 3.05) is 5.32 Å². The maximum atomic E-state index is 12.9. The molecular formula is C18H20ClF3N2O. The molecule has 2 aromatic carbocycles. The van der Waals surface area contributed by atoms with Gasteiger partial charge in [-0.15, -0.1) is 12.4 Å². The molecule has 0 heterocycles. The Morgan fingerprint density at radius 2 is 1.80 bits per heavy atom. The van der Waals surface area contributed by atoms with Gasteiger partial charge in [0.25, 0.3) is 0 Å². The molecule has 2 rings (SSSR count). The Kier molecular flexibility index (Phi) is 7.02. The highest BCUT2D eigenvalue weighted by Crippen LogP contribution is 2.32. The molecule has 0 aliphatic carbocycles. The van der Waals surface area contributed by atoms with Crippen LogP contribution in [0.5, 0.6) is 0 Å². The summed E-state index contributed by atoms with van der Waals surface area (Å²) in [6.07, 6.45) is -4.39. The van der Waals surface area contributed by atoms with Crippen molar-refractivity contribution in [2.24, 2.45) is 5.73 Å². The number of amides is 1. The number of aryl methyl sites for hydroxylation is 2. The Hall–Kier alpha value is -2.05. The third-order valence-corrected chi connectivity index (χ3v) is 3.70. The Labute approximate surface area is 150 Å². The minimum atomic E-state index is -4.49. The molecule has 7 heteroatoms. The fraction of sp³-hybridized carbons (Fsp3) is 0.278. The van der Waals surface area contributed by atoms with Gasteiger partial charge >= 0.3 is 6.18 Å². The fourth-order valence-electron chi connectivity index (χ4n) is 2.41. The van der Waals surface area contributed by atoms with E-state index in [0.29, 0.717) is 5.56 Å². The van der Waals surface area contributed by atoms with E-state index in [4.69, 9.17) is 5.73 Å². The van der Waals surface area contributed by atoms with E-state index >= 15 is 0 Å². The summed E-state index contributed by atoms with van der Waals surface area (Å²) in [6, 6.07) is 9.11. The largest absolute Gasteiger partial charge is 0.416 e. The summed E-state index contributed by atoms with van der Waals surface area (Å²) in [5.74, 6) is -0.369. The molecule has 3 nitrogen and oxygen atoms in total. The second kappa shape index (κ2) is 8.36. The number of rotatable bonds is 4. The predicted molar refractivity (Wildman–Crippen MR) is 94.8 cm³/mol. The summed E-state index contributed by atoms with van der Waals surface area (Å²) in [6.45, 7) is 3.77. The molecule has 0 spiro atoms. The predicted octanol–water partition coefficient (Wildman–Crippen LogP) is 4.38. The van der Waals surface area contributed by atoms with Crippen LogP contribution < -0.4 is 11.1 Å². The second-order valence-corrected chi connectivity index (χ2v) is 5.78. The molecule has 0 bridgehead atoms. The number of carbonyl (C=O) groups is 1. The van der Waals surface area contributed by atoms with Gasteiger partial charge in [0.1, 0.15) is 0 Å². The number of carbonyl (C=O) groups excluding carboxylic acids is 1. The van der Waals surface area contributed by atoms with Crippen LogP contribution in [0.3, 0.4) is 0 Å². The van der Waals surface area contributed by atoms with Crippen LogP contribution in [0.4, 0.5) is 18.9 Å². The minimum Gasteiger partial charge on any atom is -0.326 e. The molecule has 0 atom stereocenters. The van der Waals surface area contributed by atoms with Gasteiger partial charge in [-0.25, -0.2) is 0 Å². The Morgan fingerprint density at radius 3 is 2.40 bits per heavy atom. The highest BCUT2D eigenvalue weighted by atomic mass is 35.5. The molecule has 0 unspecified atom stereocenters. The summed E-state index contributed by atoms with van der Waals surface area (Å²) in [7, 11) is 0. The van der Waals surface area contributed by atoms with Crippen molar-refractivity contribution in [3.63, 3.8) is 0 Å². The van der Waals surface area contributed by atoms with E-state index in [1.807, 2.05) is 32.0 Å². The number of nitrogens with two attached hydrogens (primary N) is 1. The van der Waals surface area contributed by atoms with E-state index in [9.17, 15) is 18.0 Å².